The maximum absolute atomic E-state index is 11.9. The highest BCUT2D eigenvalue weighted by Crippen LogP contribution is 2.18. The van der Waals surface area contributed by atoms with Crippen molar-refractivity contribution in [2.45, 2.75) is 19.9 Å². The van der Waals surface area contributed by atoms with E-state index in [0.717, 1.165) is 31.9 Å². The Hall–Kier alpha value is -1.75. The minimum atomic E-state index is 0.0110. The Bertz CT molecular complexity index is 439. The first-order chi connectivity index (χ1) is 9.61. The third-order valence-electron chi connectivity index (χ3n) is 3.98. The van der Waals surface area contributed by atoms with Gasteiger partial charge >= 0.3 is 0 Å². The van der Waals surface area contributed by atoms with Crippen LogP contribution in [0.1, 0.15) is 13.8 Å². The van der Waals surface area contributed by atoms with Gasteiger partial charge in [0.1, 0.15) is 5.75 Å². The molecule has 1 heterocycles. The predicted octanol–water partition coefficient (Wildman–Crippen LogP) is -0.378. The summed E-state index contributed by atoms with van der Waals surface area (Å²) in [6, 6.07) is 7.32. The maximum Gasteiger partial charge on any atom is 0.278 e. The zero-order valence-corrected chi connectivity index (χ0v) is 12.2. The molecule has 1 aliphatic heterocycles. The number of carbonyl (C=O) groups excluding carboxylic acids is 1. The van der Waals surface area contributed by atoms with Gasteiger partial charge in [-0.1, -0.05) is 0 Å². The highest BCUT2D eigenvalue weighted by atomic mass is 16.3. The van der Waals surface area contributed by atoms with E-state index in [-0.39, 0.29) is 11.9 Å². The van der Waals surface area contributed by atoms with Crippen LogP contribution in [0.2, 0.25) is 0 Å². The van der Waals surface area contributed by atoms with Gasteiger partial charge in [0.2, 0.25) is 0 Å². The predicted molar refractivity (Wildman–Crippen MR) is 79.2 cm³/mol. The topological polar surface area (TPSA) is 57.0 Å². The molecule has 0 radical (unpaired) electrons. The number of rotatable bonds is 4. The van der Waals surface area contributed by atoms with Gasteiger partial charge in [-0.15, -0.1) is 0 Å². The normalized spacial score (nSPS) is 17.8. The van der Waals surface area contributed by atoms with E-state index in [4.69, 9.17) is 0 Å². The molecule has 1 aromatic rings. The first-order valence-corrected chi connectivity index (χ1v) is 7.28. The molecule has 0 saturated carbocycles. The van der Waals surface area contributed by atoms with Gasteiger partial charge in [-0.2, -0.15) is 0 Å². The number of amides is 1. The molecule has 0 unspecified atom stereocenters. The van der Waals surface area contributed by atoms with Crippen LogP contribution in [-0.4, -0.2) is 49.8 Å². The molecule has 0 spiro atoms. The highest BCUT2D eigenvalue weighted by Gasteiger charge is 2.28. The van der Waals surface area contributed by atoms with Gasteiger partial charge < -0.3 is 20.2 Å². The number of nitrogens with one attached hydrogen (secondary N) is 2. The molecular formula is C15H24N3O2+. The molecule has 3 N–H and O–H groups in total. The van der Waals surface area contributed by atoms with Gasteiger partial charge in [0.15, 0.2) is 6.04 Å². The number of anilines is 1. The van der Waals surface area contributed by atoms with Crippen molar-refractivity contribution in [1.29, 1.82) is 0 Å². The van der Waals surface area contributed by atoms with Gasteiger partial charge in [-0.05, 0) is 38.1 Å². The van der Waals surface area contributed by atoms with Gasteiger partial charge in [-0.25, -0.2) is 0 Å². The lowest BCUT2D eigenvalue weighted by molar-refractivity contribution is -0.914. The van der Waals surface area contributed by atoms with E-state index in [2.05, 4.69) is 10.2 Å². The number of benzene rings is 1. The van der Waals surface area contributed by atoms with Gasteiger partial charge in [0.25, 0.3) is 5.91 Å². The molecule has 5 nitrogen and oxygen atoms in total. The Morgan fingerprint density at radius 1 is 1.35 bits per heavy atom. The number of aromatic hydroxyl groups is 1. The van der Waals surface area contributed by atoms with Gasteiger partial charge in [0.05, 0.1) is 26.2 Å². The van der Waals surface area contributed by atoms with Crippen molar-refractivity contribution < 1.29 is 14.8 Å². The number of carbonyl (C=O) groups is 1. The quantitative estimate of drug-likeness (QED) is 0.704. The maximum atomic E-state index is 11.9. The summed E-state index contributed by atoms with van der Waals surface area (Å²) in [5.74, 6) is 0.434. The number of phenolic OH excluding ortho intramolecular Hbond substituents is 1. The first-order valence-electron chi connectivity index (χ1n) is 7.28. The Morgan fingerprint density at radius 2 is 1.95 bits per heavy atom. The summed E-state index contributed by atoms with van der Waals surface area (Å²) in [6.45, 7) is 8.42. The Balaban J connectivity index is 1.89. The molecule has 1 saturated heterocycles. The number of nitrogens with zero attached hydrogens (tertiary/aromatic N) is 1. The second-order valence-corrected chi connectivity index (χ2v) is 5.28. The van der Waals surface area contributed by atoms with Crippen molar-refractivity contribution in [2.75, 3.05) is 37.6 Å². The standard InChI is InChI=1S/C15H23N3O2/c1-3-16-15(20)12(2)17-8-10-18(11-9-17)13-4-6-14(19)7-5-13/h4-7,12,19H,3,8-11H2,1-2H3,(H,16,20)/p+1/t12-/m0/s1. The van der Waals surface area contributed by atoms with Crippen molar-refractivity contribution in [1.82, 2.24) is 5.32 Å². The average Bonchev–Trinajstić information content (AvgIpc) is 2.48. The largest absolute Gasteiger partial charge is 0.508 e. The summed E-state index contributed by atoms with van der Waals surface area (Å²) < 4.78 is 0. The summed E-state index contributed by atoms with van der Waals surface area (Å²) in [6.07, 6.45) is 0. The summed E-state index contributed by atoms with van der Waals surface area (Å²) in [4.78, 5) is 15.5. The Morgan fingerprint density at radius 3 is 2.50 bits per heavy atom. The first kappa shape index (κ1) is 14.7. The summed E-state index contributed by atoms with van der Waals surface area (Å²) in [5.41, 5.74) is 1.13. The molecule has 1 atom stereocenters. The van der Waals surface area contributed by atoms with Gasteiger partial charge in [0, 0.05) is 12.2 Å². The van der Waals surface area contributed by atoms with Crippen LogP contribution in [-0.2, 0) is 4.79 Å². The molecule has 0 aliphatic carbocycles. The molecule has 0 aromatic heterocycles. The molecule has 2 rings (SSSR count). The molecule has 110 valence electrons. The molecule has 1 aliphatic rings. The minimum Gasteiger partial charge on any atom is -0.508 e. The molecule has 1 fully saturated rings. The van der Waals surface area contributed by atoms with Crippen molar-refractivity contribution in [3.8, 4) is 5.75 Å². The Labute approximate surface area is 120 Å². The van der Waals surface area contributed by atoms with E-state index in [9.17, 15) is 9.90 Å². The lowest BCUT2D eigenvalue weighted by Crippen LogP contribution is -3.19. The van der Waals surface area contributed by atoms with Crippen LogP contribution in [0.5, 0.6) is 5.75 Å². The van der Waals surface area contributed by atoms with E-state index in [1.54, 1.807) is 12.1 Å². The molecule has 5 heteroatoms. The highest BCUT2D eigenvalue weighted by molar-refractivity contribution is 5.79. The van der Waals surface area contributed by atoms with E-state index >= 15 is 0 Å². The van der Waals surface area contributed by atoms with Crippen molar-refractivity contribution in [2.24, 2.45) is 0 Å². The average molecular weight is 278 g/mol. The zero-order valence-electron chi connectivity index (χ0n) is 12.2. The van der Waals surface area contributed by atoms with Gasteiger partial charge in [-0.3, -0.25) is 4.79 Å². The summed E-state index contributed by atoms with van der Waals surface area (Å²) >= 11 is 0. The number of phenols is 1. The van der Waals surface area contributed by atoms with E-state index in [0.29, 0.717) is 12.3 Å². The van der Waals surface area contributed by atoms with Crippen LogP contribution < -0.4 is 15.1 Å². The lowest BCUT2D eigenvalue weighted by Gasteiger charge is -2.36. The fraction of sp³-hybridized carbons (Fsp3) is 0.533. The monoisotopic (exact) mass is 278 g/mol. The second-order valence-electron chi connectivity index (χ2n) is 5.28. The van der Waals surface area contributed by atoms with Crippen LogP contribution in [0.15, 0.2) is 24.3 Å². The lowest BCUT2D eigenvalue weighted by atomic mass is 10.2. The zero-order chi connectivity index (χ0) is 14.5. The number of hydrogen-bond acceptors (Lipinski definition) is 3. The molecule has 1 aromatic carbocycles. The SMILES string of the molecule is CCNC(=O)[C@H](C)[NH+]1CCN(c2ccc(O)cc2)CC1. The number of piperazine rings is 1. The van der Waals surface area contributed by atoms with Crippen molar-refractivity contribution in [3.05, 3.63) is 24.3 Å². The van der Waals surface area contributed by atoms with E-state index in [1.165, 1.54) is 4.90 Å². The third-order valence-corrected chi connectivity index (χ3v) is 3.98. The summed E-state index contributed by atoms with van der Waals surface area (Å²) in [7, 11) is 0. The molecule has 20 heavy (non-hydrogen) atoms. The fourth-order valence-electron chi connectivity index (χ4n) is 2.66. The number of likely N-dealkylation sites (N-methyl/N-ethyl adjacent to an activating group) is 1. The smallest absolute Gasteiger partial charge is 0.278 e. The summed E-state index contributed by atoms with van der Waals surface area (Å²) in [5, 5.41) is 12.2. The number of quaternary nitrogens is 1. The van der Waals surface area contributed by atoms with Crippen molar-refractivity contribution in [3.63, 3.8) is 0 Å². The molecule has 1 amide bonds. The van der Waals surface area contributed by atoms with Crippen LogP contribution >= 0.6 is 0 Å². The van der Waals surface area contributed by atoms with Crippen molar-refractivity contribution >= 4 is 11.6 Å². The van der Waals surface area contributed by atoms with Crippen LogP contribution in [0.3, 0.4) is 0 Å². The third kappa shape index (κ3) is 3.42. The van der Waals surface area contributed by atoms with Crippen LogP contribution in [0.4, 0.5) is 5.69 Å². The minimum absolute atomic E-state index is 0.0110. The van der Waals surface area contributed by atoms with Crippen LogP contribution in [0.25, 0.3) is 0 Å². The molecule has 0 bridgehead atoms. The van der Waals surface area contributed by atoms with E-state index in [1.807, 2.05) is 26.0 Å². The fourth-order valence-corrected chi connectivity index (χ4v) is 2.66. The van der Waals surface area contributed by atoms with E-state index < -0.39 is 0 Å². The number of hydrogen-bond donors (Lipinski definition) is 3. The molecular weight excluding hydrogens is 254 g/mol. The van der Waals surface area contributed by atoms with Crippen LogP contribution in [0, 0.1) is 0 Å². The Kier molecular flexibility index (Phi) is 4.84. The second kappa shape index (κ2) is 6.61.